The smallest absolute Gasteiger partial charge is 0.200 e. The second-order valence-corrected chi connectivity index (χ2v) is 4.53. The first-order chi connectivity index (χ1) is 10.2. The lowest BCUT2D eigenvalue weighted by Gasteiger charge is -2.10. The van der Waals surface area contributed by atoms with E-state index < -0.39 is 0 Å². The number of hydrogen-bond donors (Lipinski definition) is 0. The van der Waals surface area contributed by atoms with Crippen LogP contribution in [0, 0.1) is 0 Å². The van der Waals surface area contributed by atoms with Gasteiger partial charge in [0.2, 0.25) is 5.43 Å². The molecule has 0 aliphatic carbocycles. The lowest BCUT2D eigenvalue weighted by atomic mass is 10.1. The van der Waals surface area contributed by atoms with Crippen molar-refractivity contribution in [2.75, 3.05) is 13.7 Å². The molecule has 3 rings (SSSR count). The maximum atomic E-state index is 12.5. The van der Waals surface area contributed by atoms with Crippen molar-refractivity contribution < 1.29 is 13.9 Å². The topological polar surface area (TPSA) is 48.7 Å². The molecule has 0 saturated heterocycles. The molecule has 0 N–H and O–H groups in total. The molecular weight excluding hydrogens is 268 g/mol. The van der Waals surface area contributed by atoms with E-state index in [2.05, 4.69) is 6.58 Å². The summed E-state index contributed by atoms with van der Waals surface area (Å²) in [6.45, 7) is 3.96. The van der Waals surface area contributed by atoms with Gasteiger partial charge in [0, 0.05) is 6.07 Å². The van der Waals surface area contributed by atoms with Gasteiger partial charge in [0.15, 0.2) is 11.5 Å². The Hall–Kier alpha value is -2.75. The SMILES string of the molecule is C=CCOc1cc2oc3ccccc3c(=O)c2cc1OC. The van der Waals surface area contributed by atoms with Crippen molar-refractivity contribution in [3.05, 3.63) is 59.3 Å². The molecule has 1 aromatic heterocycles. The Bertz CT molecular complexity index is 877. The predicted molar refractivity (Wildman–Crippen MR) is 82.2 cm³/mol. The van der Waals surface area contributed by atoms with Crippen LogP contribution in [0.15, 0.2) is 58.3 Å². The minimum atomic E-state index is -0.0829. The molecule has 0 bridgehead atoms. The highest BCUT2D eigenvalue weighted by atomic mass is 16.5. The van der Waals surface area contributed by atoms with Crippen molar-refractivity contribution in [3.63, 3.8) is 0 Å². The van der Waals surface area contributed by atoms with Crippen LogP contribution >= 0.6 is 0 Å². The summed E-state index contributed by atoms with van der Waals surface area (Å²) in [5.74, 6) is 1.01. The van der Waals surface area contributed by atoms with Gasteiger partial charge in [0.1, 0.15) is 17.8 Å². The summed E-state index contributed by atoms with van der Waals surface area (Å²) in [6, 6.07) is 10.5. The summed E-state index contributed by atoms with van der Waals surface area (Å²) in [5.41, 5.74) is 0.939. The van der Waals surface area contributed by atoms with Crippen molar-refractivity contribution in [1.29, 1.82) is 0 Å². The molecule has 0 aliphatic heterocycles. The number of para-hydroxylation sites is 1. The molecule has 21 heavy (non-hydrogen) atoms. The highest BCUT2D eigenvalue weighted by Gasteiger charge is 2.13. The summed E-state index contributed by atoms with van der Waals surface area (Å²) >= 11 is 0. The first-order valence-electron chi connectivity index (χ1n) is 6.52. The highest BCUT2D eigenvalue weighted by Crippen LogP contribution is 2.32. The van der Waals surface area contributed by atoms with Crippen LogP contribution in [0.3, 0.4) is 0 Å². The summed E-state index contributed by atoms with van der Waals surface area (Å²) in [7, 11) is 1.53. The zero-order chi connectivity index (χ0) is 14.8. The molecule has 0 amide bonds. The molecule has 3 aromatic rings. The van der Waals surface area contributed by atoms with Gasteiger partial charge in [-0.15, -0.1) is 0 Å². The van der Waals surface area contributed by atoms with Crippen molar-refractivity contribution in [2.24, 2.45) is 0 Å². The normalized spacial score (nSPS) is 10.7. The summed E-state index contributed by atoms with van der Waals surface area (Å²) in [4.78, 5) is 12.5. The van der Waals surface area contributed by atoms with Crippen LogP contribution in [0.2, 0.25) is 0 Å². The Morgan fingerprint density at radius 2 is 1.95 bits per heavy atom. The third-order valence-electron chi connectivity index (χ3n) is 3.22. The van der Waals surface area contributed by atoms with Crippen molar-refractivity contribution in [3.8, 4) is 11.5 Å². The fourth-order valence-corrected chi connectivity index (χ4v) is 2.23. The Balaban J connectivity index is 2.32. The molecule has 0 radical (unpaired) electrons. The Morgan fingerprint density at radius 1 is 1.14 bits per heavy atom. The quantitative estimate of drug-likeness (QED) is 0.542. The number of fused-ring (bicyclic) bond motifs is 2. The second-order valence-electron chi connectivity index (χ2n) is 4.53. The monoisotopic (exact) mass is 282 g/mol. The Morgan fingerprint density at radius 3 is 2.71 bits per heavy atom. The molecule has 4 heteroatoms. The minimum Gasteiger partial charge on any atom is -0.493 e. The lowest BCUT2D eigenvalue weighted by Crippen LogP contribution is -2.03. The van der Waals surface area contributed by atoms with Gasteiger partial charge in [-0.2, -0.15) is 0 Å². The number of benzene rings is 2. The molecule has 4 nitrogen and oxygen atoms in total. The molecule has 0 aliphatic rings. The molecule has 0 atom stereocenters. The van der Waals surface area contributed by atoms with E-state index in [9.17, 15) is 4.79 Å². The maximum Gasteiger partial charge on any atom is 0.200 e. The predicted octanol–water partition coefficient (Wildman–Crippen LogP) is 3.52. The standard InChI is InChI=1S/C17H14O4/c1-3-8-20-16-10-14-12(9-15(16)19-2)17(18)11-6-4-5-7-13(11)21-14/h3-7,9-10H,1,8H2,2H3. The van der Waals surface area contributed by atoms with Gasteiger partial charge in [0.05, 0.1) is 17.9 Å². The van der Waals surface area contributed by atoms with Crippen LogP contribution < -0.4 is 14.9 Å². The third-order valence-corrected chi connectivity index (χ3v) is 3.22. The van der Waals surface area contributed by atoms with Crippen LogP contribution in [0.1, 0.15) is 0 Å². The number of methoxy groups -OCH3 is 1. The van der Waals surface area contributed by atoms with E-state index in [1.54, 1.807) is 30.3 Å². The van der Waals surface area contributed by atoms with Crippen LogP contribution in [0.4, 0.5) is 0 Å². The molecule has 0 fully saturated rings. The number of rotatable bonds is 4. The van der Waals surface area contributed by atoms with E-state index in [0.29, 0.717) is 40.0 Å². The van der Waals surface area contributed by atoms with E-state index in [0.717, 1.165) is 0 Å². The van der Waals surface area contributed by atoms with E-state index in [-0.39, 0.29) is 5.43 Å². The molecule has 0 saturated carbocycles. The van der Waals surface area contributed by atoms with Crippen LogP contribution in [-0.2, 0) is 0 Å². The summed E-state index contributed by atoms with van der Waals surface area (Å²) in [5, 5.41) is 1.02. The zero-order valence-corrected chi connectivity index (χ0v) is 11.6. The van der Waals surface area contributed by atoms with E-state index in [4.69, 9.17) is 13.9 Å². The minimum absolute atomic E-state index is 0.0829. The van der Waals surface area contributed by atoms with E-state index >= 15 is 0 Å². The van der Waals surface area contributed by atoms with Gasteiger partial charge >= 0.3 is 0 Å². The Kier molecular flexibility index (Phi) is 3.36. The van der Waals surface area contributed by atoms with Crippen LogP contribution in [0.25, 0.3) is 21.9 Å². The fourth-order valence-electron chi connectivity index (χ4n) is 2.23. The van der Waals surface area contributed by atoms with Crippen molar-refractivity contribution >= 4 is 21.9 Å². The molecular formula is C17H14O4. The average molecular weight is 282 g/mol. The molecule has 106 valence electrons. The summed E-state index contributed by atoms with van der Waals surface area (Å²) in [6.07, 6.45) is 1.64. The first kappa shape index (κ1) is 13.2. The van der Waals surface area contributed by atoms with Gasteiger partial charge in [-0.05, 0) is 18.2 Å². The van der Waals surface area contributed by atoms with E-state index in [1.807, 2.05) is 12.1 Å². The molecule has 1 heterocycles. The maximum absolute atomic E-state index is 12.5. The van der Waals surface area contributed by atoms with Gasteiger partial charge in [-0.25, -0.2) is 0 Å². The van der Waals surface area contributed by atoms with Crippen LogP contribution in [0.5, 0.6) is 11.5 Å². The van der Waals surface area contributed by atoms with E-state index in [1.165, 1.54) is 7.11 Å². The van der Waals surface area contributed by atoms with Gasteiger partial charge < -0.3 is 13.9 Å². The summed E-state index contributed by atoms with van der Waals surface area (Å²) < 4.78 is 16.6. The second kappa shape index (κ2) is 5.32. The van der Waals surface area contributed by atoms with Gasteiger partial charge in [-0.1, -0.05) is 24.8 Å². The lowest BCUT2D eigenvalue weighted by molar-refractivity contribution is 0.327. The van der Waals surface area contributed by atoms with Crippen LogP contribution in [-0.4, -0.2) is 13.7 Å². The first-order valence-corrected chi connectivity index (χ1v) is 6.52. The molecule has 2 aromatic carbocycles. The third kappa shape index (κ3) is 2.25. The van der Waals surface area contributed by atoms with Crippen molar-refractivity contribution in [1.82, 2.24) is 0 Å². The highest BCUT2D eigenvalue weighted by molar-refractivity contribution is 5.91. The zero-order valence-electron chi connectivity index (χ0n) is 11.6. The average Bonchev–Trinajstić information content (AvgIpc) is 2.52. The largest absolute Gasteiger partial charge is 0.493 e. The molecule has 0 spiro atoms. The number of ether oxygens (including phenoxy) is 2. The van der Waals surface area contributed by atoms with Gasteiger partial charge in [-0.3, -0.25) is 4.79 Å². The Labute approximate surface area is 121 Å². The fraction of sp³-hybridized carbons (Fsp3) is 0.118. The molecule has 0 unspecified atom stereocenters. The van der Waals surface area contributed by atoms with Crippen molar-refractivity contribution in [2.45, 2.75) is 0 Å². The van der Waals surface area contributed by atoms with Gasteiger partial charge in [0.25, 0.3) is 0 Å². The number of hydrogen-bond acceptors (Lipinski definition) is 4.